The summed E-state index contributed by atoms with van der Waals surface area (Å²) in [5.74, 6) is -1.76. The number of fused-ring (bicyclic) bond motifs is 1. The van der Waals surface area contributed by atoms with Gasteiger partial charge in [-0.3, -0.25) is 9.59 Å². The van der Waals surface area contributed by atoms with E-state index in [-0.39, 0.29) is 39.5 Å². The van der Waals surface area contributed by atoms with Crippen molar-refractivity contribution in [3.8, 4) is 0 Å². The Hall–Kier alpha value is -2.47. The molecule has 1 aliphatic carbocycles. The van der Waals surface area contributed by atoms with E-state index in [1.165, 1.54) is 0 Å². The molecule has 3 rings (SSSR count). The molecule has 0 amide bonds. The molecule has 0 bridgehead atoms. The predicted octanol–water partition coefficient (Wildman–Crippen LogP) is 3.95. The maximum absolute atomic E-state index is 12.8. The zero-order valence-electron chi connectivity index (χ0n) is 13.0. The molecule has 0 unspecified atom stereocenters. The molecule has 0 aliphatic heterocycles. The summed E-state index contributed by atoms with van der Waals surface area (Å²) in [6.07, 6.45) is 0. The molecule has 1 aromatic heterocycles. The lowest BCUT2D eigenvalue weighted by atomic mass is 9.89. The van der Waals surface area contributed by atoms with Crippen LogP contribution in [0.2, 0.25) is 0 Å². The minimum atomic E-state index is -0.692. The molecule has 1 aliphatic rings. The number of rotatable bonds is 3. The van der Waals surface area contributed by atoms with Gasteiger partial charge in [0, 0.05) is 5.56 Å². The minimum Gasteiger partial charge on any atom is -0.460 e. The summed E-state index contributed by atoms with van der Waals surface area (Å²) in [7, 11) is 0. The quantitative estimate of drug-likeness (QED) is 0.744. The van der Waals surface area contributed by atoms with Crippen molar-refractivity contribution in [2.75, 3.05) is 6.61 Å². The molecule has 0 atom stereocenters. The first kappa shape index (κ1) is 16.4. The van der Waals surface area contributed by atoms with E-state index in [4.69, 9.17) is 9.15 Å². The van der Waals surface area contributed by atoms with Crippen LogP contribution < -0.4 is 0 Å². The summed E-state index contributed by atoms with van der Waals surface area (Å²) >= 11 is 3.23. The summed E-state index contributed by atoms with van der Waals surface area (Å²) in [4.78, 5) is 37.5. The number of hydrogen-bond acceptors (Lipinski definition) is 5. The first-order valence-corrected chi connectivity index (χ1v) is 8.11. The van der Waals surface area contributed by atoms with Crippen LogP contribution in [0.25, 0.3) is 5.57 Å². The maximum Gasteiger partial charge on any atom is 0.374 e. The van der Waals surface area contributed by atoms with Gasteiger partial charge in [0.05, 0.1) is 22.2 Å². The van der Waals surface area contributed by atoms with Crippen molar-refractivity contribution in [2.24, 2.45) is 0 Å². The van der Waals surface area contributed by atoms with E-state index in [1.54, 1.807) is 38.1 Å². The average Bonchev–Trinajstić information content (AvgIpc) is 2.92. The largest absolute Gasteiger partial charge is 0.460 e. The summed E-state index contributed by atoms with van der Waals surface area (Å²) in [5, 5.41) is 0. The van der Waals surface area contributed by atoms with Crippen LogP contribution in [0.15, 0.2) is 39.2 Å². The smallest absolute Gasteiger partial charge is 0.374 e. The summed E-state index contributed by atoms with van der Waals surface area (Å²) < 4.78 is 10.5. The SMILES string of the molecule is CCOC(=O)c1oc2c(c1C)C(=O)C(Br)=C(c1ccccc1)C2=O. The fourth-order valence-corrected chi connectivity index (χ4v) is 3.24. The van der Waals surface area contributed by atoms with Gasteiger partial charge in [-0.05, 0) is 35.3 Å². The van der Waals surface area contributed by atoms with Crippen molar-refractivity contribution in [1.29, 1.82) is 0 Å². The molecule has 0 saturated heterocycles. The maximum atomic E-state index is 12.8. The lowest BCUT2D eigenvalue weighted by Gasteiger charge is -2.14. The molecule has 5 nitrogen and oxygen atoms in total. The minimum absolute atomic E-state index is 0.106. The Morgan fingerprint density at radius 1 is 1.17 bits per heavy atom. The van der Waals surface area contributed by atoms with Crippen molar-refractivity contribution >= 4 is 39.0 Å². The Morgan fingerprint density at radius 3 is 2.46 bits per heavy atom. The van der Waals surface area contributed by atoms with Gasteiger partial charge >= 0.3 is 5.97 Å². The molecule has 0 spiro atoms. The second-order valence-corrected chi connectivity index (χ2v) is 5.99. The molecule has 2 aromatic rings. The Labute approximate surface area is 146 Å². The van der Waals surface area contributed by atoms with Crippen LogP contribution in [0.1, 0.15) is 49.5 Å². The average molecular weight is 389 g/mol. The van der Waals surface area contributed by atoms with Crippen molar-refractivity contribution in [3.05, 3.63) is 63.0 Å². The third-order valence-electron chi connectivity index (χ3n) is 3.75. The number of ether oxygens (including phenoxy) is 1. The fourth-order valence-electron chi connectivity index (χ4n) is 2.64. The Balaban J connectivity index is 2.16. The van der Waals surface area contributed by atoms with Gasteiger partial charge in [0.2, 0.25) is 17.3 Å². The van der Waals surface area contributed by atoms with E-state index in [0.29, 0.717) is 11.1 Å². The number of hydrogen-bond donors (Lipinski definition) is 0. The monoisotopic (exact) mass is 388 g/mol. The third-order valence-corrected chi connectivity index (χ3v) is 4.51. The van der Waals surface area contributed by atoms with Crippen molar-refractivity contribution < 1.29 is 23.5 Å². The number of carbonyl (C=O) groups is 3. The van der Waals surface area contributed by atoms with Crippen LogP contribution in [0.3, 0.4) is 0 Å². The third kappa shape index (κ3) is 2.43. The highest BCUT2D eigenvalue weighted by atomic mass is 79.9. The molecule has 24 heavy (non-hydrogen) atoms. The van der Waals surface area contributed by atoms with Gasteiger partial charge in [-0.2, -0.15) is 0 Å². The lowest BCUT2D eigenvalue weighted by molar-refractivity contribution is 0.0487. The zero-order valence-corrected chi connectivity index (χ0v) is 14.6. The van der Waals surface area contributed by atoms with Gasteiger partial charge in [-0.1, -0.05) is 30.3 Å². The predicted molar refractivity (Wildman–Crippen MR) is 90.4 cm³/mol. The number of benzene rings is 1. The normalized spacial score (nSPS) is 14.0. The highest BCUT2D eigenvalue weighted by molar-refractivity contribution is 9.12. The number of Topliss-reactive ketones (excluding diaryl/α,β-unsaturated/α-hetero) is 2. The second kappa shape index (κ2) is 6.20. The van der Waals surface area contributed by atoms with Crippen LogP contribution in [-0.4, -0.2) is 24.1 Å². The summed E-state index contributed by atoms with van der Waals surface area (Å²) in [6, 6.07) is 8.82. The standard InChI is InChI=1S/C18H13BrO5/c1-3-23-18(22)16-9(2)11-14(20)13(19)12(15(21)17(11)24-16)10-7-5-4-6-8-10/h4-8H,3H2,1-2H3. The first-order chi connectivity index (χ1) is 11.5. The van der Waals surface area contributed by atoms with Gasteiger partial charge in [-0.25, -0.2) is 4.79 Å². The second-order valence-electron chi connectivity index (χ2n) is 5.19. The van der Waals surface area contributed by atoms with Gasteiger partial charge < -0.3 is 9.15 Å². The topological polar surface area (TPSA) is 73.6 Å². The summed E-state index contributed by atoms with van der Waals surface area (Å²) in [6.45, 7) is 3.40. The first-order valence-electron chi connectivity index (χ1n) is 7.32. The van der Waals surface area contributed by atoms with Crippen LogP contribution >= 0.6 is 15.9 Å². The summed E-state index contributed by atoms with van der Waals surface area (Å²) in [5.41, 5.74) is 1.23. The molecule has 0 fully saturated rings. The molecule has 1 aromatic carbocycles. The number of ketones is 2. The van der Waals surface area contributed by atoms with E-state index < -0.39 is 11.8 Å². The molecule has 0 radical (unpaired) electrons. The molecule has 1 heterocycles. The van der Waals surface area contributed by atoms with Crippen LogP contribution in [0.5, 0.6) is 0 Å². The molecule has 122 valence electrons. The van der Waals surface area contributed by atoms with Crippen LogP contribution in [0.4, 0.5) is 0 Å². The van der Waals surface area contributed by atoms with E-state index in [9.17, 15) is 14.4 Å². The number of halogens is 1. The lowest BCUT2D eigenvalue weighted by Crippen LogP contribution is -2.18. The number of allylic oxidation sites excluding steroid dienone is 2. The molecular weight excluding hydrogens is 376 g/mol. The van der Waals surface area contributed by atoms with Gasteiger partial charge in [-0.15, -0.1) is 0 Å². The van der Waals surface area contributed by atoms with Crippen LogP contribution in [0, 0.1) is 6.92 Å². The number of carbonyl (C=O) groups excluding carboxylic acids is 3. The van der Waals surface area contributed by atoms with Gasteiger partial charge in [0.25, 0.3) is 0 Å². The zero-order chi connectivity index (χ0) is 17.4. The van der Waals surface area contributed by atoms with Crippen molar-refractivity contribution in [3.63, 3.8) is 0 Å². The van der Waals surface area contributed by atoms with Gasteiger partial charge in [0.15, 0.2) is 5.76 Å². The molecule has 0 N–H and O–H groups in total. The van der Waals surface area contributed by atoms with Crippen molar-refractivity contribution in [1.82, 2.24) is 0 Å². The van der Waals surface area contributed by atoms with Crippen LogP contribution in [-0.2, 0) is 4.74 Å². The van der Waals surface area contributed by atoms with Crippen molar-refractivity contribution in [2.45, 2.75) is 13.8 Å². The Kier molecular flexibility index (Phi) is 4.24. The van der Waals surface area contributed by atoms with E-state index >= 15 is 0 Å². The Morgan fingerprint density at radius 2 is 1.83 bits per heavy atom. The number of furan rings is 1. The van der Waals surface area contributed by atoms with E-state index in [1.807, 2.05) is 6.07 Å². The molecule has 6 heteroatoms. The highest BCUT2D eigenvalue weighted by Crippen LogP contribution is 2.38. The Bertz CT molecular complexity index is 890. The van der Waals surface area contributed by atoms with E-state index in [2.05, 4.69) is 15.9 Å². The molecular formula is C18H13BrO5. The highest BCUT2D eigenvalue weighted by Gasteiger charge is 2.39. The number of esters is 1. The van der Waals surface area contributed by atoms with Gasteiger partial charge in [0.1, 0.15) is 0 Å². The fraction of sp³-hybridized carbons (Fsp3) is 0.167. The van der Waals surface area contributed by atoms with E-state index in [0.717, 1.165) is 0 Å². The molecule has 0 saturated carbocycles.